The zero-order valence-corrected chi connectivity index (χ0v) is 10.2. The quantitative estimate of drug-likeness (QED) is 0.846. The average Bonchev–Trinajstić information content (AvgIpc) is 2.66. The number of hydrogen-bond donors (Lipinski definition) is 1. The maximum Gasteiger partial charge on any atom is 0.119 e. The van der Waals surface area contributed by atoms with Crippen molar-refractivity contribution in [2.75, 3.05) is 25.1 Å². The van der Waals surface area contributed by atoms with E-state index in [4.69, 9.17) is 10.5 Å². The molecule has 0 spiro atoms. The van der Waals surface area contributed by atoms with Crippen molar-refractivity contribution in [1.82, 2.24) is 0 Å². The number of anilines is 1. The molecule has 0 saturated carbocycles. The highest BCUT2D eigenvalue weighted by Gasteiger charge is 2.30. The van der Waals surface area contributed by atoms with Crippen LogP contribution in [0.25, 0.3) is 0 Å². The van der Waals surface area contributed by atoms with E-state index >= 15 is 0 Å². The molecule has 1 aromatic carbocycles. The molecule has 0 aromatic heterocycles. The Labute approximate surface area is 97.2 Å². The summed E-state index contributed by atoms with van der Waals surface area (Å²) in [4.78, 5) is 2.38. The fourth-order valence-corrected chi connectivity index (χ4v) is 2.43. The first-order valence-electron chi connectivity index (χ1n) is 5.85. The predicted octanol–water partition coefficient (Wildman–Crippen LogP) is 1.97. The van der Waals surface area contributed by atoms with Gasteiger partial charge in [-0.3, -0.25) is 0 Å². The molecular weight excluding hydrogens is 200 g/mol. The molecule has 0 fully saturated rings. The number of likely N-dealkylation sites (N-methyl/N-ethyl adjacent to an activating group) is 1. The Morgan fingerprint density at radius 1 is 1.56 bits per heavy atom. The number of ether oxygens (including phenoxy) is 1. The van der Waals surface area contributed by atoms with Crippen molar-refractivity contribution in [2.45, 2.75) is 25.8 Å². The standard InChI is InChI=1S/C13H20N2O/c1-4-15-8-12(9(2)14)11-7-10(16-3)5-6-13(11)15/h5-7,9,12H,4,8,14H2,1-3H3. The molecule has 1 aromatic rings. The van der Waals surface area contributed by atoms with Crippen molar-refractivity contribution in [1.29, 1.82) is 0 Å². The fourth-order valence-electron chi connectivity index (χ4n) is 2.43. The molecule has 0 radical (unpaired) electrons. The second-order valence-electron chi connectivity index (χ2n) is 4.43. The number of rotatable bonds is 3. The maximum absolute atomic E-state index is 6.05. The average molecular weight is 220 g/mol. The number of methoxy groups -OCH3 is 1. The summed E-state index contributed by atoms with van der Waals surface area (Å²) in [6.07, 6.45) is 0. The molecule has 2 atom stereocenters. The molecule has 0 aliphatic carbocycles. The minimum Gasteiger partial charge on any atom is -0.497 e. The van der Waals surface area contributed by atoms with Crippen molar-refractivity contribution < 1.29 is 4.74 Å². The minimum absolute atomic E-state index is 0.183. The Hall–Kier alpha value is -1.22. The van der Waals surface area contributed by atoms with Crippen molar-refractivity contribution in [3.63, 3.8) is 0 Å². The molecule has 2 N–H and O–H groups in total. The molecule has 88 valence electrons. The zero-order valence-electron chi connectivity index (χ0n) is 10.2. The van der Waals surface area contributed by atoms with Gasteiger partial charge in [0.05, 0.1) is 7.11 Å². The van der Waals surface area contributed by atoms with Gasteiger partial charge >= 0.3 is 0 Å². The van der Waals surface area contributed by atoms with Gasteiger partial charge in [0.25, 0.3) is 0 Å². The summed E-state index contributed by atoms with van der Waals surface area (Å²) in [6, 6.07) is 6.46. The van der Waals surface area contributed by atoms with E-state index in [9.17, 15) is 0 Å². The van der Waals surface area contributed by atoms with Crippen LogP contribution in [0.4, 0.5) is 5.69 Å². The summed E-state index contributed by atoms with van der Waals surface area (Å²) in [5.74, 6) is 1.34. The number of hydrogen-bond acceptors (Lipinski definition) is 3. The van der Waals surface area contributed by atoms with Crippen LogP contribution in [0.3, 0.4) is 0 Å². The van der Waals surface area contributed by atoms with Gasteiger partial charge < -0.3 is 15.4 Å². The van der Waals surface area contributed by atoms with Gasteiger partial charge in [-0.05, 0) is 37.6 Å². The number of benzene rings is 1. The van der Waals surface area contributed by atoms with Gasteiger partial charge in [-0.25, -0.2) is 0 Å². The van der Waals surface area contributed by atoms with E-state index in [2.05, 4.69) is 30.9 Å². The molecule has 1 heterocycles. The predicted molar refractivity (Wildman–Crippen MR) is 67.3 cm³/mol. The van der Waals surface area contributed by atoms with Crippen LogP contribution in [0.5, 0.6) is 5.75 Å². The summed E-state index contributed by atoms with van der Waals surface area (Å²) >= 11 is 0. The molecule has 0 saturated heterocycles. The van der Waals surface area contributed by atoms with Gasteiger partial charge in [0, 0.05) is 30.7 Å². The second kappa shape index (κ2) is 4.34. The SMILES string of the molecule is CCN1CC(C(C)N)c2cc(OC)ccc21. The van der Waals surface area contributed by atoms with Crippen molar-refractivity contribution in [2.24, 2.45) is 5.73 Å². The van der Waals surface area contributed by atoms with Crippen molar-refractivity contribution in [3.05, 3.63) is 23.8 Å². The topological polar surface area (TPSA) is 38.5 Å². The smallest absolute Gasteiger partial charge is 0.119 e. The van der Waals surface area contributed by atoms with Crippen LogP contribution in [0.15, 0.2) is 18.2 Å². The first-order chi connectivity index (χ1) is 7.67. The second-order valence-corrected chi connectivity index (χ2v) is 4.43. The monoisotopic (exact) mass is 220 g/mol. The van der Waals surface area contributed by atoms with Gasteiger partial charge in [0.15, 0.2) is 0 Å². The molecular formula is C13H20N2O. The highest BCUT2D eigenvalue weighted by molar-refractivity contribution is 5.62. The van der Waals surface area contributed by atoms with Crippen LogP contribution < -0.4 is 15.4 Å². The van der Waals surface area contributed by atoms with Gasteiger partial charge in [-0.2, -0.15) is 0 Å². The number of nitrogens with zero attached hydrogens (tertiary/aromatic N) is 1. The van der Waals surface area contributed by atoms with E-state index in [1.165, 1.54) is 11.3 Å². The minimum atomic E-state index is 0.183. The van der Waals surface area contributed by atoms with Crippen LogP contribution in [0.2, 0.25) is 0 Å². The van der Waals surface area contributed by atoms with Gasteiger partial charge in [0.1, 0.15) is 5.75 Å². The molecule has 16 heavy (non-hydrogen) atoms. The molecule has 3 nitrogen and oxygen atoms in total. The van der Waals surface area contributed by atoms with Crippen LogP contribution in [-0.2, 0) is 0 Å². The lowest BCUT2D eigenvalue weighted by molar-refractivity contribution is 0.414. The lowest BCUT2D eigenvalue weighted by Gasteiger charge is -2.18. The highest BCUT2D eigenvalue weighted by Crippen LogP contribution is 2.39. The third-order valence-corrected chi connectivity index (χ3v) is 3.41. The lowest BCUT2D eigenvalue weighted by Crippen LogP contribution is -2.30. The summed E-state index contributed by atoms with van der Waals surface area (Å²) in [6.45, 7) is 6.31. The number of nitrogens with two attached hydrogens (primary N) is 1. The molecule has 2 unspecified atom stereocenters. The summed E-state index contributed by atoms with van der Waals surface area (Å²) in [7, 11) is 1.70. The first-order valence-corrected chi connectivity index (χ1v) is 5.85. The van der Waals surface area contributed by atoms with Crippen LogP contribution >= 0.6 is 0 Å². The Morgan fingerprint density at radius 3 is 2.88 bits per heavy atom. The van der Waals surface area contributed by atoms with Crippen molar-refractivity contribution in [3.8, 4) is 5.75 Å². The van der Waals surface area contributed by atoms with E-state index in [1.807, 2.05) is 6.07 Å². The van der Waals surface area contributed by atoms with E-state index in [1.54, 1.807) is 7.11 Å². The zero-order chi connectivity index (χ0) is 11.7. The Kier molecular flexibility index (Phi) is 3.06. The normalized spacial score (nSPS) is 20.8. The highest BCUT2D eigenvalue weighted by atomic mass is 16.5. The third kappa shape index (κ3) is 1.76. The number of fused-ring (bicyclic) bond motifs is 1. The summed E-state index contributed by atoms with van der Waals surface area (Å²) < 4.78 is 5.28. The van der Waals surface area contributed by atoms with E-state index in [0.29, 0.717) is 5.92 Å². The van der Waals surface area contributed by atoms with Crippen LogP contribution in [-0.4, -0.2) is 26.2 Å². The largest absolute Gasteiger partial charge is 0.497 e. The van der Waals surface area contributed by atoms with Crippen molar-refractivity contribution >= 4 is 5.69 Å². The van der Waals surface area contributed by atoms with E-state index in [0.717, 1.165) is 18.8 Å². The lowest BCUT2D eigenvalue weighted by atomic mass is 9.95. The van der Waals surface area contributed by atoms with Crippen LogP contribution in [0.1, 0.15) is 25.3 Å². The van der Waals surface area contributed by atoms with Gasteiger partial charge in [-0.15, -0.1) is 0 Å². The molecule has 3 heteroatoms. The molecule has 1 aliphatic heterocycles. The molecule has 1 aliphatic rings. The summed E-state index contributed by atoms with van der Waals surface area (Å²) in [5, 5.41) is 0. The van der Waals surface area contributed by atoms with Gasteiger partial charge in [0.2, 0.25) is 0 Å². The van der Waals surface area contributed by atoms with Gasteiger partial charge in [-0.1, -0.05) is 0 Å². The maximum atomic E-state index is 6.05. The molecule has 0 amide bonds. The Bertz CT molecular complexity index is 376. The fraction of sp³-hybridized carbons (Fsp3) is 0.538. The molecule has 0 bridgehead atoms. The summed E-state index contributed by atoms with van der Waals surface area (Å²) in [5.41, 5.74) is 8.69. The van der Waals surface area contributed by atoms with Crippen LogP contribution in [0, 0.1) is 0 Å². The Balaban J connectivity index is 2.41. The third-order valence-electron chi connectivity index (χ3n) is 3.41. The van der Waals surface area contributed by atoms with E-state index < -0.39 is 0 Å². The Morgan fingerprint density at radius 2 is 2.31 bits per heavy atom. The first kappa shape index (κ1) is 11.3. The molecule has 2 rings (SSSR count). The van der Waals surface area contributed by atoms with E-state index in [-0.39, 0.29) is 6.04 Å².